The molecular weight excluding hydrogens is 370 g/mol. The van der Waals surface area contributed by atoms with E-state index in [1.165, 1.54) is 18.6 Å². The summed E-state index contributed by atoms with van der Waals surface area (Å²) < 4.78 is 5.35. The number of benzene rings is 2. The Bertz CT molecular complexity index is 837. The molecule has 1 heterocycles. The Labute approximate surface area is 162 Å². The van der Waals surface area contributed by atoms with Crippen LogP contribution in [-0.2, 0) is 4.79 Å². The highest BCUT2D eigenvalue weighted by atomic mass is 35.5. The van der Waals surface area contributed by atoms with Crippen LogP contribution in [0.4, 0.5) is 17.1 Å². The highest BCUT2D eigenvalue weighted by molar-refractivity contribution is 6.34. The first-order valence-corrected chi connectivity index (χ1v) is 9.13. The summed E-state index contributed by atoms with van der Waals surface area (Å²) in [6.07, 6.45) is 3.35. The van der Waals surface area contributed by atoms with Gasteiger partial charge in [0.15, 0.2) is 12.4 Å². The van der Waals surface area contributed by atoms with Crippen LogP contribution in [0, 0.1) is 10.1 Å². The molecule has 142 valence electrons. The van der Waals surface area contributed by atoms with Crippen LogP contribution in [0.1, 0.15) is 19.3 Å². The van der Waals surface area contributed by atoms with E-state index in [1.54, 1.807) is 30.3 Å². The minimum Gasteiger partial charge on any atom is -0.477 e. The van der Waals surface area contributed by atoms with Gasteiger partial charge in [-0.2, -0.15) is 0 Å². The van der Waals surface area contributed by atoms with Gasteiger partial charge < -0.3 is 15.0 Å². The number of para-hydroxylation sites is 3. The van der Waals surface area contributed by atoms with E-state index < -0.39 is 10.8 Å². The summed E-state index contributed by atoms with van der Waals surface area (Å²) in [6, 6.07) is 11.3. The molecule has 1 saturated heterocycles. The standard InChI is InChI=1S/C19H20ClN3O4/c20-14-7-6-8-15(19(14)22-11-4-1-5-12-22)21-18(24)13-27-17-10-3-2-9-16(17)23(25)26/h2-3,6-10H,1,4-5,11-13H2,(H,21,24). The van der Waals surface area contributed by atoms with Crippen LogP contribution in [0.5, 0.6) is 5.75 Å². The molecule has 0 aliphatic carbocycles. The van der Waals surface area contributed by atoms with Crippen molar-refractivity contribution in [3.8, 4) is 5.75 Å². The number of amides is 1. The lowest BCUT2D eigenvalue weighted by Gasteiger charge is -2.31. The first kappa shape index (κ1) is 19.0. The van der Waals surface area contributed by atoms with Gasteiger partial charge in [0.25, 0.3) is 5.91 Å². The number of nitrogens with one attached hydrogen (secondary N) is 1. The SMILES string of the molecule is O=C(COc1ccccc1[N+](=O)[O-])Nc1cccc(Cl)c1N1CCCCC1. The predicted octanol–water partition coefficient (Wildman–Crippen LogP) is 4.26. The molecule has 0 aromatic heterocycles. The van der Waals surface area contributed by atoms with Crippen LogP contribution in [0.25, 0.3) is 0 Å². The van der Waals surface area contributed by atoms with Crippen molar-refractivity contribution in [2.75, 3.05) is 29.9 Å². The molecule has 0 radical (unpaired) electrons. The third-order valence-electron chi connectivity index (χ3n) is 4.35. The van der Waals surface area contributed by atoms with E-state index in [2.05, 4.69) is 10.2 Å². The first-order chi connectivity index (χ1) is 13.1. The van der Waals surface area contributed by atoms with E-state index in [4.69, 9.17) is 16.3 Å². The number of halogens is 1. The van der Waals surface area contributed by atoms with Gasteiger partial charge >= 0.3 is 5.69 Å². The molecule has 8 heteroatoms. The zero-order chi connectivity index (χ0) is 19.2. The van der Waals surface area contributed by atoms with E-state index in [9.17, 15) is 14.9 Å². The van der Waals surface area contributed by atoms with Gasteiger partial charge in [-0.05, 0) is 37.5 Å². The van der Waals surface area contributed by atoms with Crippen LogP contribution in [0.3, 0.4) is 0 Å². The lowest BCUT2D eigenvalue weighted by molar-refractivity contribution is -0.385. The maximum atomic E-state index is 12.3. The number of carbonyl (C=O) groups excluding carboxylic acids is 1. The smallest absolute Gasteiger partial charge is 0.310 e. The number of carbonyl (C=O) groups is 1. The Morgan fingerprint density at radius 3 is 2.63 bits per heavy atom. The highest BCUT2D eigenvalue weighted by Crippen LogP contribution is 2.35. The van der Waals surface area contributed by atoms with E-state index in [0.717, 1.165) is 31.6 Å². The van der Waals surface area contributed by atoms with Crippen molar-refractivity contribution in [2.45, 2.75) is 19.3 Å². The highest BCUT2D eigenvalue weighted by Gasteiger charge is 2.20. The summed E-state index contributed by atoms with van der Waals surface area (Å²) in [4.78, 5) is 25.0. The molecule has 2 aromatic carbocycles. The summed E-state index contributed by atoms with van der Waals surface area (Å²) in [5, 5.41) is 14.4. The fourth-order valence-electron chi connectivity index (χ4n) is 3.11. The molecule has 0 spiro atoms. The number of nitro groups is 1. The van der Waals surface area contributed by atoms with E-state index in [-0.39, 0.29) is 18.0 Å². The number of nitro benzene ring substituents is 1. The number of nitrogens with zero attached hydrogens (tertiary/aromatic N) is 2. The van der Waals surface area contributed by atoms with Crippen LogP contribution >= 0.6 is 11.6 Å². The Morgan fingerprint density at radius 2 is 1.89 bits per heavy atom. The minimum absolute atomic E-state index is 0.0556. The van der Waals surface area contributed by atoms with Crippen molar-refractivity contribution in [3.05, 3.63) is 57.6 Å². The summed E-state index contributed by atoms with van der Waals surface area (Å²) in [5.41, 5.74) is 1.24. The van der Waals surface area contributed by atoms with Gasteiger partial charge in [-0.25, -0.2) is 0 Å². The number of piperidine rings is 1. The van der Waals surface area contributed by atoms with Crippen molar-refractivity contribution in [1.82, 2.24) is 0 Å². The third-order valence-corrected chi connectivity index (χ3v) is 4.66. The number of anilines is 2. The second-order valence-electron chi connectivity index (χ2n) is 6.25. The maximum absolute atomic E-state index is 12.3. The van der Waals surface area contributed by atoms with Crippen LogP contribution in [-0.4, -0.2) is 30.5 Å². The topological polar surface area (TPSA) is 84.7 Å². The molecule has 1 fully saturated rings. The van der Waals surface area contributed by atoms with Crippen molar-refractivity contribution >= 4 is 34.6 Å². The fourth-order valence-corrected chi connectivity index (χ4v) is 3.41. The summed E-state index contributed by atoms with van der Waals surface area (Å²) in [5.74, 6) is -0.353. The molecule has 1 N–H and O–H groups in total. The van der Waals surface area contributed by atoms with E-state index in [0.29, 0.717) is 10.7 Å². The van der Waals surface area contributed by atoms with Gasteiger partial charge in [0.2, 0.25) is 0 Å². The summed E-state index contributed by atoms with van der Waals surface area (Å²) >= 11 is 6.38. The predicted molar refractivity (Wildman–Crippen MR) is 105 cm³/mol. The number of hydrogen-bond acceptors (Lipinski definition) is 5. The van der Waals surface area contributed by atoms with Crippen LogP contribution < -0.4 is 15.0 Å². The van der Waals surface area contributed by atoms with Gasteiger partial charge in [0.05, 0.1) is 21.3 Å². The molecular formula is C19H20ClN3O4. The third kappa shape index (κ3) is 4.68. The zero-order valence-electron chi connectivity index (χ0n) is 14.7. The summed E-state index contributed by atoms with van der Waals surface area (Å²) in [6.45, 7) is 1.44. The molecule has 0 saturated carbocycles. The molecule has 3 rings (SSSR count). The molecule has 0 bridgehead atoms. The molecule has 1 aliphatic heterocycles. The first-order valence-electron chi connectivity index (χ1n) is 8.76. The number of ether oxygens (including phenoxy) is 1. The second-order valence-corrected chi connectivity index (χ2v) is 6.65. The number of hydrogen-bond donors (Lipinski definition) is 1. The monoisotopic (exact) mass is 389 g/mol. The van der Waals surface area contributed by atoms with Crippen molar-refractivity contribution in [2.24, 2.45) is 0 Å². The normalized spacial score (nSPS) is 13.9. The fraction of sp³-hybridized carbons (Fsp3) is 0.316. The molecule has 7 nitrogen and oxygen atoms in total. The van der Waals surface area contributed by atoms with Crippen molar-refractivity contribution in [3.63, 3.8) is 0 Å². The van der Waals surface area contributed by atoms with E-state index in [1.807, 2.05) is 0 Å². The van der Waals surface area contributed by atoms with E-state index >= 15 is 0 Å². The van der Waals surface area contributed by atoms with Gasteiger partial charge in [-0.3, -0.25) is 14.9 Å². The van der Waals surface area contributed by atoms with Gasteiger partial charge in [-0.1, -0.05) is 29.8 Å². The van der Waals surface area contributed by atoms with Gasteiger partial charge in [0.1, 0.15) is 0 Å². The molecule has 0 atom stereocenters. The Hall–Kier alpha value is -2.80. The lowest BCUT2D eigenvalue weighted by Crippen LogP contribution is -2.31. The second kappa shape index (κ2) is 8.73. The minimum atomic E-state index is -0.543. The molecule has 0 unspecified atom stereocenters. The average molecular weight is 390 g/mol. The molecule has 27 heavy (non-hydrogen) atoms. The zero-order valence-corrected chi connectivity index (χ0v) is 15.4. The largest absolute Gasteiger partial charge is 0.477 e. The lowest BCUT2D eigenvalue weighted by atomic mass is 10.1. The van der Waals surface area contributed by atoms with Crippen molar-refractivity contribution in [1.29, 1.82) is 0 Å². The van der Waals surface area contributed by atoms with Gasteiger partial charge in [0, 0.05) is 19.2 Å². The van der Waals surface area contributed by atoms with Crippen LogP contribution in [0.15, 0.2) is 42.5 Å². The Kier molecular flexibility index (Phi) is 6.13. The van der Waals surface area contributed by atoms with Crippen molar-refractivity contribution < 1.29 is 14.5 Å². The molecule has 2 aromatic rings. The Balaban J connectivity index is 1.70. The Morgan fingerprint density at radius 1 is 1.15 bits per heavy atom. The van der Waals surface area contributed by atoms with Crippen LogP contribution in [0.2, 0.25) is 5.02 Å². The number of rotatable bonds is 6. The van der Waals surface area contributed by atoms with Gasteiger partial charge in [-0.15, -0.1) is 0 Å². The summed E-state index contributed by atoms with van der Waals surface area (Å²) in [7, 11) is 0. The quantitative estimate of drug-likeness (QED) is 0.589. The molecule has 1 amide bonds. The molecule has 1 aliphatic rings. The maximum Gasteiger partial charge on any atom is 0.310 e. The average Bonchev–Trinajstić information content (AvgIpc) is 2.67.